The van der Waals surface area contributed by atoms with Gasteiger partial charge in [0.1, 0.15) is 17.2 Å². The molecule has 1 aromatic heterocycles. The Morgan fingerprint density at radius 1 is 1.06 bits per heavy atom. The minimum absolute atomic E-state index is 0. The van der Waals surface area contributed by atoms with E-state index in [9.17, 15) is 14.7 Å². The van der Waals surface area contributed by atoms with Gasteiger partial charge in [0, 0.05) is 55.2 Å². The van der Waals surface area contributed by atoms with Gasteiger partial charge in [-0.1, -0.05) is 36.6 Å². The zero-order valence-corrected chi connectivity index (χ0v) is 21.1. The van der Waals surface area contributed by atoms with Crippen molar-refractivity contribution in [1.29, 1.82) is 0 Å². The van der Waals surface area contributed by atoms with Gasteiger partial charge in [0.15, 0.2) is 0 Å². The van der Waals surface area contributed by atoms with Gasteiger partial charge < -0.3 is 24.3 Å². The summed E-state index contributed by atoms with van der Waals surface area (Å²) in [6.45, 7) is 1.70. The maximum Gasteiger partial charge on any atom is 0.357 e. The molecule has 4 aromatic rings. The summed E-state index contributed by atoms with van der Waals surface area (Å²) in [5.74, 6) is 0.681. The molecule has 0 fully saturated rings. The fourth-order valence-corrected chi connectivity index (χ4v) is 3.35. The minimum Gasteiger partial charge on any atom is -0.534 e. The van der Waals surface area contributed by atoms with Crippen LogP contribution in [0.2, 0.25) is 0 Å². The van der Waals surface area contributed by atoms with Crippen LogP contribution in [-0.4, -0.2) is 25.2 Å². The van der Waals surface area contributed by atoms with Gasteiger partial charge in [0.2, 0.25) is 0 Å². The number of hydrogen-bond acceptors (Lipinski definition) is 6. The molecule has 0 aliphatic rings. The van der Waals surface area contributed by atoms with Gasteiger partial charge in [-0.25, -0.2) is 4.79 Å². The number of ether oxygens (including phenoxy) is 2. The van der Waals surface area contributed by atoms with Crippen molar-refractivity contribution in [3.63, 3.8) is 0 Å². The van der Waals surface area contributed by atoms with Crippen LogP contribution in [0.15, 0.2) is 63.8 Å². The fraction of sp³-hybridized carbons (Fsp3) is 0.120. The average Bonchev–Trinajstić information content (AvgIpc) is 2.80. The summed E-state index contributed by atoms with van der Waals surface area (Å²) in [7, 11) is 3.13. The Bertz CT molecular complexity index is 1400. The van der Waals surface area contributed by atoms with E-state index in [4.69, 9.17) is 13.9 Å². The van der Waals surface area contributed by atoms with Gasteiger partial charge in [-0.3, -0.25) is 4.79 Å². The molecule has 1 radical (unpaired) electrons. The number of carbonyl (C=O) groups excluding carboxylic acids is 1. The molecule has 1 amide bonds. The molecule has 33 heavy (non-hydrogen) atoms. The Morgan fingerprint density at radius 3 is 2.58 bits per heavy atom. The third-order valence-electron chi connectivity index (χ3n) is 5.04. The van der Waals surface area contributed by atoms with E-state index in [2.05, 4.69) is 11.4 Å². The fourth-order valence-electron chi connectivity index (χ4n) is 3.35. The van der Waals surface area contributed by atoms with E-state index in [0.717, 1.165) is 5.56 Å². The zero-order valence-electron chi connectivity index (χ0n) is 18.3. The number of hydrogen-bond donors (Lipinski definition) is 2. The molecule has 7 nitrogen and oxygen atoms in total. The van der Waals surface area contributed by atoms with Crippen molar-refractivity contribution >= 4 is 22.6 Å². The van der Waals surface area contributed by atoms with E-state index in [1.807, 2.05) is 24.3 Å². The van der Waals surface area contributed by atoms with Crippen molar-refractivity contribution in [2.24, 2.45) is 0 Å². The van der Waals surface area contributed by atoms with E-state index in [0.29, 0.717) is 33.6 Å². The average molecular weight is 519 g/mol. The number of carbonyl (C=O) groups is 1. The van der Waals surface area contributed by atoms with Crippen molar-refractivity contribution in [3.8, 4) is 28.4 Å². The summed E-state index contributed by atoms with van der Waals surface area (Å²) in [4.78, 5) is 25.3. The number of rotatable bonds is 5. The molecular formula is C25H20NO6Y-. The van der Waals surface area contributed by atoms with Gasteiger partial charge in [-0.15, -0.1) is 5.56 Å². The van der Waals surface area contributed by atoms with E-state index in [-0.39, 0.29) is 49.7 Å². The molecule has 0 bridgehead atoms. The normalized spacial score (nSPS) is 10.4. The number of nitrogens with one attached hydrogen (secondary N) is 1. The quantitative estimate of drug-likeness (QED) is 0.297. The number of fused-ring (bicyclic) bond motifs is 1. The van der Waals surface area contributed by atoms with Gasteiger partial charge >= 0.3 is 5.63 Å². The minimum atomic E-state index is -0.744. The molecular weight excluding hydrogens is 499 g/mol. The summed E-state index contributed by atoms with van der Waals surface area (Å²) in [6.07, 6.45) is 0. The largest absolute Gasteiger partial charge is 0.534 e. The van der Waals surface area contributed by atoms with Crippen LogP contribution in [0.5, 0.6) is 17.2 Å². The Balaban J connectivity index is 0.00000306. The maximum atomic E-state index is 12.9. The molecule has 0 spiro atoms. The molecule has 2 N–H and O–H groups in total. The molecule has 0 saturated carbocycles. The van der Waals surface area contributed by atoms with Gasteiger partial charge in [-0.05, 0) is 35.9 Å². The van der Waals surface area contributed by atoms with Gasteiger partial charge in [0.25, 0.3) is 5.91 Å². The standard InChI is InChI=1S/C25H20NO6.Y/c1-14-9-17-12-20(25(29)32-23(17)13-21(14)27)26-24(28)16-7-8-22(31-3)19(11-16)15-5-4-6-18(10-15)30-2;/h4-12,27H,1-3H3,(H,26,28);/q-1;. The third-order valence-corrected chi connectivity index (χ3v) is 5.04. The number of amides is 1. The predicted octanol–water partition coefficient (Wildman–Crippen LogP) is 4.54. The molecule has 0 aliphatic heterocycles. The van der Waals surface area contributed by atoms with Crippen LogP contribution in [0.3, 0.4) is 0 Å². The number of aromatic hydroxyl groups is 1. The van der Waals surface area contributed by atoms with Crippen molar-refractivity contribution in [2.75, 3.05) is 19.5 Å². The number of methoxy groups -OCH3 is 2. The SMILES string of the molecule is COc1cccc(-c2cc(C(=O)Nc3cc4cc(C)c(O)[c-]c4oc3=O)ccc2OC)c1.[Y]. The first kappa shape index (κ1) is 24.5. The molecule has 0 atom stereocenters. The van der Waals surface area contributed by atoms with Crippen LogP contribution < -0.4 is 20.4 Å². The Morgan fingerprint density at radius 2 is 1.85 bits per heavy atom. The first-order chi connectivity index (χ1) is 15.4. The zero-order chi connectivity index (χ0) is 22.8. The second-order valence-corrected chi connectivity index (χ2v) is 7.13. The van der Waals surface area contributed by atoms with Gasteiger partial charge in [0.05, 0.1) is 14.2 Å². The number of phenolic OH excluding ortho intramolecular Hbond substituents is 1. The number of aryl methyl sites for hydroxylation is 1. The van der Waals surface area contributed by atoms with Crippen LogP contribution in [0.4, 0.5) is 5.69 Å². The third kappa shape index (κ3) is 5.10. The topological polar surface area (TPSA) is 98.0 Å². The monoisotopic (exact) mass is 519 g/mol. The van der Waals surface area contributed by atoms with Crippen molar-refractivity contribution < 1.29 is 56.5 Å². The summed E-state index contributed by atoms with van der Waals surface area (Å²) >= 11 is 0. The van der Waals surface area contributed by atoms with Crippen LogP contribution in [0, 0.1) is 13.0 Å². The molecule has 4 rings (SSSR count). The molecule has 8 heteroatoms. The summed E-state index contributed by atoms with van der Waals surface area (Å²) in [6, 6.07) is 18.1. The number of benzene rings is 3. The van der Waals surface area contributed by atoms with Crippen LogP contribution >= 0.6 is 0 Å². The van der Waals surface area contributed by atoms with E-state index < -0.39 is 11.5 Å². The number of phenols is 1. The summed E-state index contributed by atoms with van der Waals surface area (Å²) in [5, 5.41) is 12.9. The van der Waals surface area contributed by atoms with E-state index in [1.54, 1.807) is 45.4 Å². The number of anilines is 1. The van der Waals surface area contributed by atoms with E-state index >= 15 is 0 Å². The maximum absolute atomic E-state index is 12.9. The van der Waals surface area contributed by atoms with Crippen LogP contribution in [0.1, 0.15) is 15.9 Å². The smallest absolute Gasteiger partial charge is 0.357 e. The first-order valence-corrected chi connectivity index (χ1v) is 9.73. The Kier molecular flexibility index (Phi) is 7.56. The molecule has 0 aliphatic carbocycles. The second-order valence-electron chi connectivity index (χ2n) is 7.13. The molecule has 1 heterocycles. The van der Waals surface area contributed by atoms with Gasteiger partial charge in [-0.2, -0.15) is 6.07 Å². The van der Waals surface area contributed by atoms with Crippen molar-refractivity contribution in [2.45, 2.75) is 6.92 Å². The van der Waals surface area contributed by atoms with E-state index in [1.165, 1.54) is 6.07 Å². The van der Waals surface area contributed by atoms with Crippen molar-refractivity contribution in [1.82, 2.24) is 0 Å². The molecule has 3 aromatic carbocycles. The Hall–Kier alpha value is -3.16. The van der Waals surface area contributed by atoms with Crippen LogP contribution in [0.25, 0.3) is 22.1 Å². The molecule has 165 valence electrons. The predicted molar refractivity (Wildman–Crippen MR) is 121 cm³/mol. The second kappa shape index (κ2) is 10.2. The van der Waals surface area contributed by atoms with Crippen LogP contribution in [-0.2, 0) is 32.7 Å². The van der Waals surface area contributed by atoms with Crippen molar-refractivity contribution in [3.05, 3.63) is 82.2 Å². The summed E-state index contributed by atoms with van der Waals surface area (Å²) < 4.78 is 15.9. The Labute approximate surface area is 215 Å². The summed E-state index contributed by atoms with van der Waals surface area (Å²) in [5.41, 5.74) is 1.77. The first-order valence-electron chi connectivity index (χ1n) is 9.73. The molecule has 0 saturated heterocycles. The molecule has 0 unspecified atom stereocenters.